The van der Waals surface area contributed by atoms with Crippen LogP contribution >= 0.6 is 7.92 Å². The second kappa shape index (κ2) is 6.29. The Hall–Kier alpha value is 0.170. The van der Waals surface area contributed by atoms with Crippen molar-refractivity contribution in [3.63, 3.8) is 0 Å². The van der Waals surface area contributed by atoms with Crippen LogP contribution in [-0.2, 0) is 0 Å². The Morgan fingerprint density at radius 1 is 1.44 bits per heavy atom. The molecule has 0 radical (unpaired) electrons. The lowest BCUT2D eigenvalue weighted by Gasteiger charge is -2.07. The molecule has 0 fully saturated rings. The predicted octanol–water partition coefficient (Wildman–Crippen LogP) is 3.43. The van der Waals surface area contributed by atoms with Crippen molar-refractivity contribution in [2.24, 2.45) is 0 Å². The van der Waals surface area contributed by atoms with Crippen LogP contribution in [0, 0.1) is 0 Å². The van der Waals surface area contributed by atoms with Crippen LogP contribution in [0.25, 0.3) is 0 Å². The topological polar surface area (TPSA) is 0 Å². The van der Waals surface area contributed by atoms with E-state index in [1.807, 2.05) is 0 Å². The number of hydrogen-bond acceptors (Lipinski definition) is 0. The molecule has 0 bridgehead atoms. The van der Waals surface area contributed by atoms with Gasteiger partial charge in [-0.15, -0.1) is 0 Å². The van der Waals surface area contributed by atoms with Gasteiger partial charge in [0.2, 0.25) is 0 Å². The summed E-state index contributed by atoms with van der Waals surface area (Å²) in [5, 5.41) is 0. The van der Waals surface area contributed by atoms with E-state index >= 15 is 0 Å². The molecular formula is C8H17P. The average Bonchev–Trinajstić information content (AvgIpc) is 1.91. The maximum Gasteiger partial charge on any atom is -0.0292 e. The van der Waals surface area contributed by atoms with Gasteiger partial charge in [0.25, 0.3) is 0 Å². The average molecular weight is 144 g/mol. The predicted molar refractivity (Wildman–Crippen MR) is 47.4 cm³/mol. The Kier molecular flexibility index (Phi) is 6.41. The SMILES string of the molecule is C=CP(CC)CCCC. The van der Waals surface area contributed by atoms with Crippen molar-refractivity contribution in [2.75, 3.05) is 12.3 Å². The van der Waals surface area contributed by atoms with Crippen LogP contribution in [0.5, 0.6) is 0 Å². The van der Waals surface area contributed by atoms with Gasteiger partial charge < -0.3 is 0 Å². The van der Waals surface area contributed by atoms with Crippen LogP contribution in [0.1, 0.15) is 26.7 Å². The molecule has 0 nitrogen and oxygen atoms in total. The van der Waals surface area contributed by atoms with Crippen LogP contribution in [0.2, 0.25) is 0 Å². The van der Waals surface area contributed by atoms with Gasteiger partial charge in [0.05, 0.1) is 0 Å². The quantitative estimate of drug-likeness (QED) is 0.518. The summed E-state index contributed by atoms with van der Waals surface area (Å²) in [5.41, 5.74) is 0. The Bertz CT molecular complexity index is 69.0. The highest BCUT2D eigenvalue weighted by Crippen LogP contribution is 2.36. The van der Waals surface area contributed by atoms with E-state index < -0.39 is 0 Å². The summed E-state index contributed by atoms with van der Waals surface area (Å²) in [4.78, 5) is 0. The molecule has 0 spiro atoms. The first-order valence-electron chi connectivity index (χ1n) is 3.71. The van der Waals surface area contributed by atoms with E-state index in [1.165, 1.54) is 25.2 Å². The number of unbranched alkanes of at least 4 members (excludes halogenated alkanes) is 1. The summed E-state index contributed by atoms with van der Waals surface area (Å²) in [5.74, 6) is 2.14. The lowest BCUT2D eigenvalue weighted by atomic mass is 10.4. The third-order valence-corrected chi connectivity index (χ3v) is 3.68. The Morgan fingerprint density at radius 2 is 2.11 bits per heavy atom. The molecule has 0 aromatic heterocycles. The zero-order valence-corrected chi connectivity index (χ0v) is 7.45. The Labute approximate surface area is 60.1 Å². The fourth-order valence-corrected chi connectivity index (χ4v) is 2.22. The van der Waals surface area contributed by atoms with Gasteiger partial charge in [-0.05, 0) is 18.7 Å². The third-order valence-electron chi connectivity index (χ3n) is 1.46. The van der Waals surface area contributed by atoms with E-state index in [9.17, 15) is 0 Å². The van der Waals surface area contributed by atoms with E-state index in [1.54, 1.807) is 0 Å². The normalized spacial score (nSPS) is 13.1. The second-order valence-electron chi connectivity index (χ2n) is 2.16. The van der Waals surface area contributed by atoms with Gasteiger partial charge >= 0.3 is 0 Å². The molecule has 1 unspecified atom stereocenters. The molecule has 0 aliphatic rings. The van der Waals surface area contributed by atoms with Crippen molar-refractivity contribution in [2.45, 2.75) is 26.7 Å². The van der Waals surface area contributed by atoms with Crippen molar-refractivity contribution >= 4 is 7.92 Å². The molecule has 1 atom stereocenters. The molecule has 0 N–H and O–H groups in total. The number of rotatable bonds is 5. The smallest absolute Gasteiger partial charge is 0.0292 e. The van der Waals surface area contributed by atoms with Crippen LogP contribution < -0.4 is 0 Å². The van der Waals surface area contributed by atoms with Crippen LogP contribution in [0.3, 0.4) is 0 Å². The van der Waals surface area contributed by atoms with Gasteiger partial charge in [-0.25, -0.2) is 0 Å². The minimum atomic E-state index is 0.202. The molecule has 9 heavy (non-hydrogen) atoms. The molecule has 0 saturated carbocycles. The highest BCUT2D eigenvalue weighted by Gasteiger charge is 1.96. The fraction of sp³-hybridized carbons (Fsp3) is 0.750. The zero-order chi connectivity index (χ0) is 7.11. The molecule has 0 rings (SSSR count). The fourth-order valence-electron chi connectivity index (χ4n) is 0.740. The maximum absolute atomic E-state index is 3.81. The van der Waals surface area contributed by atoms with Crippen LogP contribution in [0.15, 0.2) is 12.4 Å². The van der Waals surface area contributed by atoms with Crippen molar-refractivity contribution in [1.29, 1.82) is 0 Å². The van der Waals surface area contributed by atoms with E-state index in [-0.39, 0.29) is 7.92 Å². The molecule has 0 heterocycles. The minimum absolute atomic E-state index is 0.202. The summed E-state index contributed by atoms with van der Waals surface area (Å²) in [6.45, 7) is 8.31. The first-order valence-corrected chi connectivity index (χ1v) is 5.49. The monoisotopic (exact) mass is 144 g/mol. The third kappa shape index (κ3) is 4.66. The van der Waals surface area contributed by atoms with Gasteiger partial charge in [-0.3, -0.25) is 0 Å². The van der Waals surface area contributed by atoms with Gasteiger partial charge in [0.15, 0.2) is 0 Å². The minimum Gasteiger partial charge on any atom is -0.0986 e. The molecular weight excluding hydrogens is 127 g/mol. The van der Waals surface area contributed by atoms with E-state index in [0.717, 1.165) is 0 Å². The van der Waals surface area contributed by atoms with E-state index in [2.05, 4.69) is 26.2 Å². The first-order chi connectivity index (χ1) is 4.35. The van der Waals surface area contributed by atoms with Crippen molar-refractivity contribution < 1.29 is 0 Å². The highest BCUT2D eigenvalue weighted by molar-refractivity contribution is 7.60. The first kappa shape index (κ1) is 9.17. The lowest BCUT2D eigenvalue weighted by Crippen LogP contribution is -1.82. The Morgan fingerprint density at radius 3 is 2.44 bits per heavy atom. The van der Waals surface area contributed by atoms with Gasteiger partial charge in [-0.1, -0.05) is 40.6 Å². The summed E-state index contributed by atoms with van der Waals surface area (Å²) in [6.07, 6.45) is 5.42. The van der Waals surface area contributed by atoms with E-state index in [4.69, 9.17) is 0 Å². The molecule has 0 aromatic rings. The van der Waals surface area contributed by atoms with Gasteiger partial charge in [-0.2, -0.15) is 0 Å². The van der Waals surface area contributed by atoms with E-state index in [0.29, 0.717) is 0 Å². The standard InChI is InChI=1S/C8H17P/c1-4-7-8-9(5-2)6-3/h5H,2,4,6-8H2,1,3H3. The molecule has 0 aromatic carbocycles. The summed E-state index contributed by atoms with van der Waals surface area (Å²) in [6, 6.07) is 0. The molecule has 54 valence electrons. The molecule has 0 aliphatic carbocycles. The van der Waals surface area contributed by atoms with Crippen molar-refractivity contribution in [3.05, 3.63) is 12.4 Å². The molecule has 0 saturated heterocycles. The highest BCUT2D eigenvalue weighted by atomic mass is 31.1. The van der Waals surface area contributed by atoms with Crippen LogP contribution in [0.4, 0.5) is 0 Å². The summed E-state index contributed by atoms with van der Waals surface area (Å²) < 4.78 is 0. The maximum atomic E-state index is 3.81. The second-order valence-corrected chi connectivity index (χ2v) is 4.79. The molecule has 0 amide bonds. The molecule has 1 heteroatoms. The summed E-state index contributed by atoms with van der Waals surface area (Å²) >= 11 is 0. The largest absolute Gasteiger partial charge is 0.0986 e. The van der Waals surface area contributed by atoms with Crippen molar-refractivity contribution in [3.8, 4) is 0 Å². The lowest BCUT2D eigenvalue weighted by molar-refractivity contribution is 0.891. The zero-order valence-electron chi connectivity index (χ0n) is 6.56. The molecule has 0 aliphatic heterocycles. The van der Waals surface area contributed by atoms with Crippen LogP contribution in [-0.4, -0.2) is 12.3 Å². The summed E-state index contributed by atoms with van der Waals surface area (Å²) in [7, 11) is 0.202. The van der Waals surface area contributed by atoms with Gasteiger partial charge in [0.1, 0.15) is 0 Å². The Balaban J connectivity index is 3.20. The van der Waals surface area contributed by atoms with Crippen molar-refractivity contribution in [1.82, 2.24) is 0 Å². The van der Waals surface area contributed by atoms with Gasteiger partial charge in [0, 0.05) is 0 Å². The number of hydrogen-bond donors (Lipinski definition) is 0.